The van der Waals surface area contributed by atoms with E-state index in [1.54, 1.807) is 6.07 Å². The van der Waals surface area contributed by atoms with Crippen LogP contribution in [-0.4, -0.2) is 16.1 Å². The van der Waals surface area contributed by atoms with Crippen molar-refractivity contribution in [1.82, 2.24) is 4.98 Å². The fraction of sp³-hybridized carbons (Fsp3) is 0. The maximum Gasteiger partial charge on any atom is 0.339 e. The van der Waals surface area contributed by atoms with E-state index in [9.17, 15) is 9.18 Å². The topological polar surface area (TPSA) is 85.4 Å². The van der Waals surface area contributed by atoms with Gasteiger partial charge in [-0.3, -0.25) is 0 Å². The lowest BCUT2D eigenvalue weighted by molar-refractivity contribution is 0.0694. The highest BCUT2D eigenvalue weighted by molar-refractivity contribution is 5.91. The standard InChI is InChI=1S/C12H9FN2O3/c13-8-3-1-2-4-9(8)18-10-6-15-11(14)5-7(10)12(16)17/h1-6H,(H2,14,15)(H,16,17). The fourth-order valence-corrected chi connectivity index (χ4v) is 1.35. The summed E-state index contributed by atoms with van der Waals surface area (Å²) in [5.41, 5.74) is 5.21. The van der Waals surface area contributed by atoms with E-state index >= 15 is 0 Å². The van der Waals surface area contributed by atoms with Crippen LogP contribution in [0.4, 0.5) is 10.2 Å². The molecular weight excluding hydrogens is 239 g/mol. The van der Waals surface area contributed by atoms with Crippen molar-refractivity contribution in [3.05, 3.63) is 47.9 Å². The Labute approximate surface area is 102 Å². The van der Waals surface area contributed by atoms with Crippen molar-refractivity contribution >= 4 is 11.8 Å². The summed E-state index contributed by atoms with van der Waals surface area (Å²) in [6.45, 7) is 0. The number of aromatic nitrogens is 1. The third-order valence-corrected chi connectivity index (χ3v) is 2.18. The van der Waals surface area contributed by atoms with Crippen LogP contribution >= 0.6 is 0 Å². The number of carboxylic acids is 1. The normalized spacial score (nSPS) is 10.1. The Kier molecular flexibility index (Phi) is 3.09. The van der Waals surface area contributed by atoms with Crippen molar-refractivity contribution < 1.29 is 19.0 Å². The van der Waals surface area contributed by atoms with Gasteiger partial charge >= 0.3 is 5.97 Å². The molecule has 0 saturated heterocycles. The van der Waals surface area contributed by atoms with Crippen molar-refractivity contribution in [2.24, 2.45) is 0 Å². The molecule has 2 rings (SSSR count). The highest BCUT2D eigenvalue weighted by atomic mass is 19.1. The molecule has 5 nitrogen and oxygen atoms in total. The number of carboxylic acid groups (broad SMARTS) is 1. The molecule has 0 atom stereocenters. The third kappa shape index (κ3) is 2.37. The third-order valence-electron chi connectivity index (χ3n) is 2.18. The van der Waals surface area contributed by atoms with Crippen LogP contribution in [0.2, 0.25) is 0 Å². The number of ether oxygens (including phenoxy) is 1. The number of hydrogen-bond donors (Lipinski definition) is 2. The number of nitrogens with two attached hydrogens (primary N) is 1. The molecule has 0 spiro atoms. The van der Waals surface area contributed by atoms with Crippen molar-refractivity contribution in [2.45, 2.75) is 0 Å². The van der Waals surface area contributed by atoms with E-state index in [0.29, 0.717) is 0 Å². The molecule has 2 aromatic rings. The second-order valence-corrected chi connectivity index (χ2v) is 3.44. The zero-order valence-electron chi connectivity index (χ0n) is 9.13. The number of anilines is 1. The molecule has 1 aromatic carbocycles. The first kappa shape index (κ1) is 11.8. The minimum Gasteiger partial charge on any atom is -0.478 e. The van der Waals surface area contributed by atoms with Gasteiger partial charge in [-0.15, -0.1) is 0 Å². The van der Waals surface area contributed by atoms with Crippen LogP contribution in [0, 0.1) is 5.82 Å². The number of pyridine rings is 1. The lowest BCUT2D eigenvalue weighted by Crippen LogP contribution is -2.03. The van der Waals surface area contributed by atoms with Gasteiger partial charge in [0.15, 0.2) is 17.3 Å². The molecule has 92 valence electrons. The number of nitrogens with zero attached hydrogens (tertiary/aromatic N) is 1. The van der Waals surface area contributed by atoms with Crippen molar-refractivity contribution in [1.29, 1.82) is 0 Å². The number of benzene rings is 1. The average molecular weight is 248 g/mol. The number of aromatic carboxylic acids is 1. The van der Waals surface area contributed by atoms with Gasteiger partial charge in [0, 0.05) is 0 Å². The lowest BCUT2D eigenvalue weighted by Gasteiger charge is -2.09. The Bertz CT molecular complexity index is 602. The van der Waals surface area contributed by atoms with Gasteiger partial charge in [0.1, 0.15) is 11.4 Å². The molecule has 0 bridgehead atoms. The molecule has 0 aliphatic heterocycles. The average Bonchev–Trinajstić information content (AvgIpc) is 2.34. The van der Waals surface area contributed by atoms with Crippen LogP contribution in [0.25, 0.3) is 0 Å². The highest BCUT2D eigenvalue weighted by Crippen LogP contribution is 2.27. The molecule has 0 fully saturated rings. The number of rotatable bonds is 3. The molecule has 6 heteroatoms. The van der Waals surface area contributed by atoms with Crippen LogP contribution in [0.1, 0.15) is 10.4 Å². The number of carbonyl (C=O) groups is 1. The smallest absolute Gasteiger partial charge is 0.339 e. The van der Waals surface area contributed by atoms with Crippen LogP contribution in [0.5, 0.6) is 11.5 Å². The van der Waals surface area contributed by atoms with Crippen LogP contribution in [0.3, 0.4) is 0 Å². The first-order valence-corrected chi connectivity index (χ1v) is 4.99. The maximum atomic E-state index is 13.4. The maximum absolute atomic E-state index is 13.4. The summed E-state index contributed by atoms with van der Waals surface area (Å²) < 4.78 is 18.6. The van der Waals surface area contributed by atoms with Gasteiger partial charge in [0.05, 0.1) is 6.20 Å². The molecule has 0 aliphatic rings. The summed E-state index contributed by atoms with van der Waals surface area (Å²) in [5.74, 6) is -1.91. The predicted molar refractivity (Wildman–Crippen MR) is 62.1 cm³/mol. The Morgan fingerprint density at radius 2 is 2.06 bits per heavy atom. The molecule has 1 aromatic heterocycles. The Morgan fingerprint density at radius 1 is 1.33 bits per heavy atom. The van der Waals surface area contributed by atoms with Gasteiger partial charge in [-0.1, -0.05) is 12.1 Å². The minimum absolute atomic E-state index is 0.0493. The highest BCUT2D eigenvalue weighted by Gasteiger charge is 2.14. The van der Waals surface area contributed by atoms with E-state index in [1.807, 2.05) is 0 Å². The van der Waals surface area contributed by atoms with E-state index in [2.05, 4.69) is 4.98 Å². The quantitative estimate of drug-likeness (QED) is 0.870. The second kappa shape index (κ2) is 4.70. The SMILES string of the molecule is Nc1cc(C(=O)O)c(Oc2ccccc2F)cn1. The number of para-hydroxylation sites is 1. The minimum atomic E-state index is -1.23. The fourth-order valence-electron chi connectivity index (χ4n) is 1.35. The van der Waals surface area contributed by atoms with E-state index < -0.39 is 11.8 Å². The molecule has 0 saturated carbocycles. The summed E-state index contributed by atoms with van der Waals surface area (Å²) in [5, 5.41) is 8.98. The number of halogens is 1. The first-order chi connectivity index (χ1) is 8.58. The lowest BCUT2D eigenvalue weighted by atomic mass is 10.2. The first-order valence-electron chi connectivity index (χ1n) is 4.99. The molecule has 0 radical (unpaired) electrons. The van der Waals surface area contributed by atoms with E-state index in [1.165, 1.54) is 18.2 Å². The Morgan fingerprint density at radius 3 is 2.72 bits per heavy atom. The summed E-state index contributed by atoms with van der Waals surface area (Å²) in [4.78, 5) is 14.7. The van der Waals surface area contributed by atoms with E-state index in [-0.39, 0.29) is 22.9 Å². The largest absolute Gasteiger partial charge is 0.478 e. The summed E-state index contributed by atoms with van der Waals surface area (Å²) >= 11 is 0. The zero-order chi connectivity index (χ0) is 13.1. The van der Waals surface area contributed by atoms with Crippen molar-refractivity contribution in [2.75, 3.05) is 5.73 Å². The van der Waals surface area contributed by atoms with Crippen molar-refractivity contribution in [3.8, 4) is 11.5 Å². The van der Waals surface area contributed by atoms with Gasteiger partial charge in [0.2, 0.25) is 0 Å². The molecule has 1 heterocycles. The van der Waals surface area contributed by atoms with Gasteiger partial charge in [-0.25, -0.2) is 14.2 Å². The zero-order valence-corrected chi connectivity index (χ0v) is 9.13. The number of nitrogen functional groups attached to an aromatic ring is 1. The van der Waals surface area contributed by atoms with Crippen LogP contribution in [-0.2, 0) is 0 Å². The van der Waals surface area contributed by atoms with E-state index in [4.69, 9.17) is 15.6 Å². The van der Waals surface area contributed by atoms with E-state index in [0.717, 1.165) is 12.3 Å². The van der Waals surface area contributed by atoms with Crippen LogP contribution < -0.4 is 10.5 Å². The Balaban J connectivity index is 2.41. The van der Waals surface area contributed by atoms with Gasteiger partial charge in [0.25, 0.3) is 0 Å². The second-order valence-electron chi connectivity index (χ2n) is 3.44. The molecule has 3 N–H and O–H groups in total. The van der Waals surface area contributed by atoms with Gasteiger partial charge in [-0.2, -0.15) is 0 Å². The van der Waals surface area contributed by atoms with Gasteiger partial charge in [-0.05, 0) is 18.2 Å². The summed E-state index contributed by atoms with van der Waals surface area (Å²) in [6.07, 6.45) is 1.14. The molecule has 0 amide bonds. The van der Waals surface area contributed by atoms with Gasteiger partial charge < -0.3 is 15.6 Å². The van der Waals surface area contributed by atoms with Crippen molar-refractivity contribution in [3.63, 3.8) is 0 Å². The number of hydrogen-bond acceptors (Lipinski definition) is 4. The molecule has 0 aliphatic carbocycles. The summed E-state index contributed by atoms with van der Waals surface area (Å²) in [7, 11) is 0. The molecule has 0 unspecified atom stereocenters. The molecule has 18 heavy (non-hydrogen) atoms. The monoisotopic (exact) mass is 248 g/mol. The van der Waals surface area contributed by atoms with Crippen LogP contribution in [0.15, 0.2) is 36.5 Å². The summed E-state index contributed by atoms with van der Waals surface area (Å²) in [6, 6.07) is 6.82. The Hall–Kier alpha value is -2.63. The predicted octanol–water partition coefficient (Wildman–Crippen LogP) is 2.29. The molecular formula is C12H9FN2O3.